The number of nitrogens with one attached hydrogen (secondary N) is 1. The van der Waals surface area contributed by atoms with Crippen molar-refractivity contribution < 1.29 is 14.6 Å². The molecule has 1 aromatic carbocycles. The summed E-state index contributed by atoms with van der Waals surface area (Å²) in [5.74, 6) is 0.892. The third-order valence-electron chi connectivity index (χ3n) is 3.14. The number of rotatable bonds is 6. The van der Waals surface area contributed by atoms with Gasteiger partial charge in [-0.05, 0) is 24.1 Å². The van der Waals surface area contributed by atoms with E-state index in [2.05, 4.69) is 10.3 Å². The van der Waals surface area contributed by atoms with Crippen molar-refractivity contribution >= 4 is 11.6 Å². The summed E-state index contributed by atoms with van der Waals surface area (Å²) in [6.45, 7) is 3.75. The van der Waals surface area contributed by atoms with Crippen LogP contribution in [0.5, 0.6) is 11.6 Å². The molecule has 1 aromatic heterocycles. The molecular formula is C17H20N2O3. The molecule has 5 nitrogen and oxygen atoms in total. The Morgan fingerprint density at radius 3 is 2.77 bits per heavy atom. The average Bonchev–Trinajstić information content (AvgIpc) is 2.48. The SMILES string of the molecule is CC(C)C(O)CC(=O)Nc1cccc(Oc2ccccn2)c1. The number of carbonyl (C=O) groups is 1. The van der Waals surface area contributed by atoms with E-state index in [0.717, 1.165) is 0 Å². The molecule has 0 aliphatic rings. The van der Waals surface area contributed by atoms with Crippen molar-refractivity contribution in [2.45, 2.75) is 26.4 Å². The van der Waals surface area contributed by atoms with Gasteiger partial charge in [0, 0.05) is 24.0 Å². The lowest BCUT2D eigenvalue weighted by molar-refractivity contribution is -0.118. The number of aromatic nitrogens is 1. The summed E-state index contributed by atoms with van der Waals surface area (Å²) in [4.78, 5) is 16.0. The second-order valence-electron chi connectivity index (χ2n) is 5.36. The summed E-state index contributed by atoms with van der Waals surface area (Å²) in [6, 6.07) is 12.5. The van der Waals surface area contributed by atoms with Crippen LogP contribution in [0.2, 0.25) is 0 Å². The normalized spacial score (nSPS) is 12.0. The second-order valence-corrected chi connectivity index (χ2v) is 5.36. The third-order valence-corrected chi connectivity index (χ3v) is 3.14. The number of anilines is 1. The standard InChI is InChI=1S/C17H20N2O3/c1-12(2)15(20)11-16(21)19-13-6-5-7-14(10-13)22-17-8-3-4-9-18-17/h3-10,12,15,20H,11H2,1-2H3,(H,19,21). The number of nitrogens with zero attached hydrogens (tertiary/aromatic N) is 1. The molecule has 0 radical (unpaired) electrons. The number of carbonyl (C=O) groups excluding carboxylic acids is 1. The zero-order chi connectivity index (χ0) is 15.9. The van der Waals surface area contributed by atoms with Crippen molar-refractivity contribution in [3.63, 3.8) is 0 Å². The number of hydrogen-bond acceptors (Lipinski definition) is 4. The van der Waals surface area contributed by atoms with Crippen molar-refractivity contribution in [2.75, 3.05) is 5.32 Å². The van der Waals surface area contributed by atoms with Crippen molar-refractivity contribution in [3.05, 3.63) is 48.7 Å². The number of aliphatic hydroxyl groups excluding tert-OH is 1. The Bertz CT molecular complexity index is 614. The van der Waals surface area contributed by atoms with Crippen LogP contribution in [0.4, 0.5) is 5.69 Å². The van der Waals surface area contributed by atoms with Crippen LogP contribution in [0.3, 0.4) is 0 Å². The number of hydrogen-bond donors (Lipinski definition) is 2. The first kappa shape index (κ1) is 16.0. The van der Waals surface area contributed by atoms with E-state index >= 15 is 0 Å². The predicted molar refractivity (Wildman–Crippen MR) is 84.8 cm³/mol. The molecule has 0 aliphatic heterocycles. The molecule has 0 fully saturated rings. The van der Waals surface area contributed by atoms with Gasteiger partial charge >= 0.3 is 0 Å². The third kappa shape index (κ3) is 4.86. The first-order valence-corrected chi connectivity index (χ1v) is 7.21. The van der Waals surface area contributed by atoms with Crippen molar-refractivity contribution in [1.82, 2.24) is 4.98 Å². The zero-order valence-corrected chi connectivity index (χ0v) is 12.7. The summed E-state index contributed by atoms with van der Waals surface area (Å²) in [7, 11) is 0. The highest BCUT2D eigenvalue weighted by atomic mass is 16.5. The first-order valence-electron chi connectivity index (χ1n) is 7.21. The molecule has 1 unspecified atom stereocenters. The summed E-state index contributed by atoms with van der Waals surface area (Å²) in [5, 5.41) is 12.5. The molecule has 0 spiro atoms. The zero-order valence-electron chi connectivity index (χ0n) is 12.7. The Balaban J connectivity index is 1.98. The molecule has 2 N–H and O–H groups in total. The van der Waals surface area contributed by atoms with Gasteiger partial charge in [0.15, 0.2) is 0 Å². The number of amides is 1. The lowest BCUT2D eigenvalue weighted by Gasteiger charge is -2.14. The van der Waals surface area contributed by atoms with Gasteiger partial charge < -0.3 is 15.2 Å². The van der Waals surface area contributed by atoms with E-state index in [1.807, 2.05) is 26.0 Å². The fourth-order valence-corrected chi connectivity index (χ4v) is 1.80. The van der Waals surface area contributed by atoms with Crippen LogP contribution in [0, 0.1) is 5.92 Å². The minimum atomic E-state index is -0.645. The highest BCUT2D eigenvalue weighted by molar-refractivity contribution is 5.91. The van der Waals surface area contributed by atoms with Crippen LogP contribution in [-0.2, 0) is 4.79 Å². The number of aliphatic hydroxyl groups is 1. The van der Waals surface area contributed by atoms with Crippen LogP contribution < -0.4 is 10.1 Å². The van der Waals surface area contributed by atoms with Crippen LogP contribution >= 0.6 is 0 Å². The van der Waals surface area contributed by atoms with Crippen LogP contribution in [0.15, 0.2) is 48.7 Å². The Morgan fingerprint density at radius 1 is 1.27 bits per heavy atom. The largest absolute Gasteiger partial charge is 0.439 e. The molecule has 0 aliphatic carbocycles. The Kier molecular flexibility index (Phi) is 5.49. The van der Waals surface area contributed by atoms with E-state index < -0.39 is 6.10 Å². The minimum Gasteiger partial charge on any atom is -0.439 e. The van der Waals surface area contributed by atoms with Gasteiger partial charge in [0.05, 0.1) is 12.5 Å². The maximum Gasteiger partial charge on any atom is 0.226 e. The topological polar surface area (TPSA) is 71.5 Å². The summed E-state index contributed by atoms with van der Waals surface area (Å²) < 4.78 is 5.61. The molecule has 1 heterocycles. The van der Waals surface area contributed by atoms with E-state index in [-0.39, 0.29) is 18.2 Å². The van der Waals surface area contributed by atoms with E-state index in [9.17, 15) is 9.90 Å². The van der Waals surface area contributed by atoms with Crippen molar-refractivity contribution in [2.24, 2.45) is 5.92 Å². The van der Waals surface area contributed by atoms with E-state index in [0.29, 0.717) is 17.3 Å². The Labute approximate surface area is 130 Å². The quantitative estimate of drug-likeness (QED) is 0.859. The van der Waals surface area contributed by atoms with Crippen LogP contribution in [0.25, 0.3) is 0 Å². The molecule has 5 heteroatoms. The van der Waals surface area contributed by atoms with Gasteiger partial charge in [0.1, 0.15) is 5.75 Å². The van der Waals surface area contributed by atoms with Gasteiger partial charge in [-0.2, -0.15) is 0 Å². The monoisotopic (exact) mass is 300 g/mol. The predicted octanol–water partition coefficient (Wildman–Crippen LogP) is 3.22. The fourth-order valence-electron chi connectivity index (χ4n) is 1.80. The maximum atomic E-state index is 11.9. The fraction of sp³-hybridized carbons (Fsp3) is 0.294. The van der Waals surface area contributed by atoms with E-state index in [1.54, 1.807) is 36.5 Å². The van der Waals surface area contributed by atoms with Gasteiger partial charge in [-0.1, -0.05) is 26.0 Å². The van der Waals surface area contributed by atoms with Crippen LogP contribution in [-0.4, -0.2) is 22.1 Å². The van der Waals surface area contributed by atoms with Gasteiger partial charge in [-0.25, -0.2) is 4.98 Å². The summed E-state index contributed by atoms with van der Waals surface area (Å²) in [6.07, 6.45) is 1.07. The van der Waals surface area contributed by atoms with Gasteiger partial charge in [0.2, 0.25) is 11.8 Å². The molecule has 0 saturated heterocycles. The maximum absolute atomic E-state index is 11.9. The number of benzene rings is 1. The summed E-state index contributed by atoms with van der Waals surface area (Å²) >= 11 is 0. The van der Waals surface area contributed by atoms with Crippen molar-refractivity contribution in [3.8, 4) is 11.6 Å². The van der Waals surface area contributed by atoms with Gasteiger partial charge in [-0.3, -0.25) is 4.79 Å². The molecule has 1 atom stereocenters. The molecular weight excluding hydrogens is 280 g/mol. The molecule has 1 amide bonds. The van der Waals surface area contributed by atoms with E-state index in [1.165, 1.54) is 0 Å². The highest BCUT2D eigenvalue weighted by Crippen LogP contribution is 2.22. The average molecular weight is 300 g/mol. The van der Waals surface area contributed by atoms with Crippen molar-refractivity contribution in [1.29, 1.82) is 0 Å². The van der Waals surface area contributed by atoms with Gasteiger partial charge in [0.25, 0.3) is 0 Å². The Morgan fingerprint density at radius 2 is 2.09 bits per heavy atom. The minimum absolute atomic E-state index is 0.0459. The Hall–Kier alpha value is -2.40. The van der Waals surface area contributed by atoms with E-state index in [4.69, 9.17) is 4.74 Å². The molecule has 116 valence electrons. The second kappa shape index (κ2) is 7.56. The molecule has 2 aromatic rings. The summed E-state index contributed by atoms with van der Waals surface area (Å²) in [5.41, 5.74) is 0.620. The smallest absolute Gasteiger partial charge is 0.226 e. The van der Waals surface area contributed by atoms with Crippen LogP contribution in [0.1, 0.15) is 20.3 Å². The number of ether oxygens (including phenoxy) is 1. The first-order chi connectivity index (χ1) is 10.5. The highest BCUT2D eigenvalue weighted by Gasteiger charge is 2.14. The van der Waals surface area contributed by atoms with Gasteiger partial charge in [-0.15, -0.1) is 0 Å². The molecule has 0 bridgehead atoms. The lowest BCUT2D eigenvalue weighted by atomic mass is 10.0. The molecule has 22 heavy (non-hydrogen) atoms. The molecule has 0 saturated carbocycles. The lowest BCUT2D eigenvalue weighted by Crippen LogP contribution is -2.23. The number of pyridine rings is 1. The molecule has 2 rings (SSSR count).